The summed E-state index contributed by atoms with van der Waals surface area (Å²) in [5.41, 5.74) is 0. The van der Waals surface area contributed by atoms with Gasteiger partial charge in [0.2, 0.25) is 0 Å². The van der Waals surface area contributed by atoms with Gasteiger partial charge in [-0.05, 0) is 18.8 Å². The van der Waals surface area contributed by atoms with Gasteiger partial charge in [0.1, 0.15) is 13.1 Å². The Hall–Kier alpha value is -0.660. The number of carbonyl (C=O) groups is 2. The monoisotopic (exact) mass is 156 g/mol. The van der Waals surface area contributed by atoms with E-state index in [0.717, 1.165) is 25.0 Å². The fourth-order valence-electron chi connectivity index (χ4n) is 1.42. The van der Waals surface area contributed by atoms with Crippen LogP contribution in [-0.4, -0.2) is 13.1 Å². The molecule has 0 aliphatic heterocycles. The molecule has 0 saturated heterocycles. The Morgan fingerprint density at radius 2 is 1.64 bits per heavy atom. The summed E-state index contributed by atoms with van der Waals surface area (Å²) in [7, 11) is 0. The van der Waals surface area contributed by atoms with E-state index in [-0.39, 0.29) is 0 Å². The van der Waals surface area contributed by atoms with Crippen LogP contribution in [0.5, 0.6) is 0 Å². The summed E-state index contributed by atoms with van der Waals surface area (Å²) in [6, 6.07) is 0. The van der Waals surface area contributed by atoms with Crippen LogP contribution in [0.4, 0.5) is 0 Å². The zero-order chi connectivity index (χ0) is 8.69. The van der Waals surface area contributed by atoms with Gasteiger partial charge in [0.05, 0.1) is 0 Å². The van der Waals surface area contributed by atoms with Crippen molar-refractivity contribution in [1.82, 2.24) is 0 Å². The van der Waals surface area contributed by atoms with Crippen LogP contribution in [0.2, 0.25) is 0 Å². The third kappa shape index (κ3) is 3.91. The second-order valence-corrected chi connectivity index (χ2v) is 3.16. The minimum atomic E-state index is 0.390. The molecule has 0 spiro atoms. The van der Waals surface area contributed by atoms with Crippen molar-refractivity contribution in [3.8, 4) is 0 Å². The van der Waals surface area contributed by atoms with Gasteiger partial charge < -0.3 is 9.59 Å². The number of aldehydes is 1. The van der Waals surface area contributed by atoms with Crippen LogP contribution < -0.4 is 0 Å². The summed E-state index contributed by atoms with van der Waals surface area (Å²) in [6.07, 6.45) is 5.88. The minimum Gasteiger partial charge on any atom is -0.307 e. The zero-order valence-electron chi connectivity index (χ0n) is 7.08. The molecule has 0 atom stereocenters. The molecular weight excluding hydrogens is 140 g/mol. The quantitative estimate of drug-likeness (QED) is 0.543. The third-order valence-electron chi connectivity index (χ3n) is 2.25. The predicted molar refractivity (Wildman–Crippen MR) is 44.3 cm³/mol. The van der Waals surface area contributed by atoms with Gasteiger partial charge in [-0.2, -0.15) is 0 Å². The standard InChI is InChI=1S/C8H14O.CH2O/c1-7-2-4-8(6-9)5-3-7;1-2/h6-8H,2-5H2,1H3;1H2. The van der Waals surface area contributed by atoms with Crippen LogP contribution in [0.25, 0.3) is 0 Å². The van der Waals surface area contributed by atoms with Gasteiger partial charge in [-0.1, -0.05) is 19.8 Å². The first-order chi connectivity index (χ1) is 5.33. The van der Waals surface area contributed by atoms with Crippen molar-refractivity contribution in [3.05, 3.63) is 0 Å². The molecule has 1 rings (SSSR count). The molecule has 0 aromatic rings. The molecule has 0 unspecified atom stereocenters. The highest BCUT2D eigenvalue weighted by Gasteiger charge is 2.16. The normalized spacial score (nSPS) is 29.9. The Morgan fingerprint density at radius 1 is 1.18 bits per heavy atom. The fourth-order valence-corrected chi connectivity index (χ4v) is 1.42. The van der Waals surface area contributed by atoms with Crippen molar-refractivity contribution < 1.29 is 9.59 Å². The minimum absolute atomic E-state index is 0.390. The molecule has 0 radical (unpaired) electrons. The molecule has 11 heavy (non-hydrogen) atoms. The molecule has 64 valence electrons. The molecule has 1 aliphatic carbocycles. The van der Waals surface area contributed by atoms with Crippen molar-refractivity contribution >= 4 is 13.1 Å². The van der Waals surface area contributed by atoms with Gasteiger partial charge in [0, 0.05) is 5.92 Å². The number of hydrogen-bond donors (Lipinski definition) is 0. The van der Waals surface area contributed by atoms with Gasteiger partial charge in [0.15, 0.2) is 0 Å². The van der Waals surface area contributed by atoms with Gasteiger partial charge in [-0.3, -0.25) is 0 Å². The van der Waals surface area contributed by atoms with E-state index in [9.17, 15) is 4.79 Å². The lowest BCUT2D eigenvalue weighted by molar-refractivity contribution is -0.112. The van der Waals surface area contributed by atoms with Crippen molar-refractivity contribution in [3.63, 3.8) is 0 Å². The van der Waals surface area contributed by atoms with Crippen molar-refractivity contribution in [1.29, 1.82) is 0 Å². The van der Waals surface area contributed by atoms with Gasteiger partial charge in [-0.15, -0.1) is 0 Å². The van der Waals surface area contributed by atoms with Crippen LogP contribution in [0, 0.1) is 11.8 Å². The van der Waals surface area contributed by atoms with Crippen molar-refractivity contribution in [2.45, 2.75) is 32.6 Å². The van der Waals surface area contributed by atoms with E-state index in [4.69, 9.17) is 4.79 Å². The summed E-state index contributed by atoms with van der Waals surface area (Å²) in [6.45, 7) is 4.26. The molecule has 0 N–H and O–H groups in total. The molecule has 1 saturated carbocycles. The lowest BCUT2D eigenvalue weighted by atomic mass is 9.84. The molecule has 0 bridgehead atoms. The van der Waals surface area contributed by atoms with Crippen molar-refractivity contribution in [2.24, 2.45) is 11.8 Å². The molecule has 0 aromatic carbocycles. The topological polar surface area (TPSA) is 34.1 Å². The maximum Gasteiger partial charge on any atom is 0.123 e. The molecule has 0 amide bonds. The molecule has 2 nitrogen and oxygen atoms in total. The number of rotatable bonds is 1. The summed E-state index contributed by atoms with van der Waals surface area (Å²) in [4.78, 5) is 18.3. The van der Waals surface area contributed by atoms with E-state index in [1.807, 2.05) is 6.79 Å². The van der Waals surface area contributed by atoms with Gasteiger partial charge in [-0.25, -0.2) is 0 Å². The van der Waals surface area contributed by atoms with Crippen LogP contribution in [0.1, 0.15) is 32.6 Å². The largest absolute Gasteiger partial charge is 0.307 e. The van der Waals surface area contributed by atoms with E-state index in [0.29, 0.717) is 5.92 Å². The lowest BCUT2D eigenvalue weighted by Gasteiger charge is -2.21. The van der Waals surface area contributed by atoms with Crippen LogP contribution in [-0.2, 0) is 9.59 Å². The summed E-state index contributed by atoms with van der Waals surface area (Å²) < 4.78 is 0. The third-order valence-corrected chi connectivity index (χ3v) is 2.25. The average Bonchev–Trinajstić information content (AvgIpc) is 2.10. The Balaban J connectivity index is 0.000000461. The zero-order valence-corrected chi connectivity index (χ0v) is 7.08. The van der Waals surface area contributed by atoms with E-state index in [2.05, 4.69) is 6.92 Å². The summed E-state index contributed by atoms with van der Waals surface area (Å²) >= 11 is 0. The molecule has 2 heteroatoms. The summed E-state index contributed by atoms with van der Waals surface area (Å²) in [5, 5.41) is 0. The lowest BCUT2D eigenvalue weighted by Crippen LogP contribution is -2.12. The van der Waals surface area contributed by atoms with E-state index in [1.165, 1.54) is 12.8 Å². The van der Waals surface area contributed by atoms with Gasteiger partial charge >= 0.3 is 0 Å². The van der Waals surface area contributed by atoms with Crippen LogP contribution in [0.15, 0.2) is 0 Å². The summed E-state index contributed by atoms with van der Waals surface area (Å²) in [5.74, 6) is 1.25. The number of hydrogen-bond acceptors (Lipinski definition) is 2. The molecule has 0 heterocycles. The fraction of sp³-hybridized carbons (Fsp3) is 0.778. The highest BCUT2D eigenvalue weighted by Crippen LogP contribution is 2.26. The van der Waals surface area contributed by atoms with Gasteiger partial charge in [0.25, 0.3) is 0 Å². The first-order valence-corrected chi connectivity index (χ1v) is 4.07. The van der Waals surface area contributed by atoms with E-state index < -0.39 is 0 Å². The average molecular weight is 156 g/mol. The molecular formula is C9H16O2. The molecule has 0 aromatic heterocycles. The highest BCUT2D eigenvalue weighted by atomic mass is 16.1. The smallest absolute Gasteiger partial charge is 0.123 e. The van der Waals surface area contributed by atoms with E-state index in [1.54, 1.807) is 0 Å². The first kappa shape index (κ1) is 10.3. The second kappa shape index (κ2) is 6.08. The first-order valence-electron chi connectivity index (χ1n) is 4.07. The van der Waals surface area contributed by atoms with Crippen molar-refractivity contribution in [2.75, 3.05) is 0 Å². The molecule has 1 aliphatic rings. The maximum atomic E-state index is 10.3. The Kier molecular flexibility index (Phi) is 5.71. The molecule has 1 fully saturated rings. The Morgan fingerprint density at radius 3 is 2.00 bits per heavy atom. The Labute approximate surface area is 68.0 Å². The SMILES string of the molecule is C=O.CC1CCC(C=O)CC1. The second-order valence-electron chi connectivity index (χ2n) is 3.16. The van der Waals surface area contributed by atoms with Crippen LogP contribution >= 0.6 is 0 Å². The number of carbonyl (C=O) groups excluding carboxylic acids is 2. The predicted octanol–water partition coefficient (Wildman–Crippen LogP) is 1.83. The maximum absolute atomic E-state index is 10.3. The van der Waals surface area contributed by atoms with E-state index >= 15 is 0 Å². The Bertz CT molecular complexity index is 104. The van der Waals surface area contributed by atoms with Crippen LogP contribution in [0.3, 0.4) is 0 Å². The highest BCUT2D eigenvalue weighted by molar-refractivity contribution is 5.53.